The molecule has 0 saturated heterocycles. The van der Waals surface area contributed by atoms with Gasteiger partial charge in [-0.3, -0.25) is 4.79 Å². The molecular weight excluding hydrogens is 326 g/mol. The standard InChI is InChI=1S/C13H8Cl3FN2O/c1-6-9(15)5-10(16)12(18-6)19-13(20)8-4-7(14)2-3-11(8)17/h2-5H,1H3,(H,18,19,20). The van der Waals surface area contributed by atoms with E-state index in [0.717, 1.165) is 6.07 Å². The van der Waals surface area contributed by atoms with E-state index in [2.05, 4.69) is 10.3 Å². The number of aromatic nitrogens is 1. The van der Waals surface area contributed by atoms with E-state index < -0.39 is 11.7 Å². The summed E-state index contributed by atoms with van der Waals surface area (Å²) in [5.41, 5.74) is 0.306. The molecule has 0 spiro atoms. The van der Waals surface area contributed by atoms with Crippen molar-refractivity contribution < 1.29 is 9.18 Å². The molecule has 1 amide bonds. The molecule has 0 aliphatic carbocycles. The highest BCUT2D eigenvalue weighted by Crippen LogP contribution is 2.26. The molecule has 0 radical (unpaired) electrons. The summed E-state index contributed by atoms with van der Waals surface area (Å²) in [5.74, 6) is -1.27. The normalized spacial score (nSPS) is 10.4. The van der Waals surface area contributed by atoms with Crippen molar-refractivity contribution in [2.45, 2.75) is 6.92 Å². The lowest BCUT2D eigenvalue weighted by molar-refractivity contribution is 0.102. The Morgan fingerprint density at radius 2 is 1.90 bits per heavy atom. The minimum Gasteiger partial charge on any atom is -0.305 e. The summed E-state index contributed by atoms with van der Waals surface area (Å²) in [5, 5.41) is 3.22. The fraction of sp³-hybridized carbons (Fsp3) is 0.0769. The Labute approximate surface area is 129 Å². The second-order valence-corrected chi connectivity index (χ2v) is 5.22. The molecule has 1 N–H and O–H groups in total. The summed E-state index contributed by atoms with van der Waals surface area (Å²) in [7, 11) is 0. The van der Waals surface area contributed by atoms with Gasteiger partial charge in [0.05, 0.1) is 21.3 Å². The van der Waals surface area contributed by atoms with Crippen molar-refractivity contribution in [2.24, 2.45) is 0 Å². The lowest BCUT2D eigenvalue weighted by Gasteiger charge is -2.09. The monoisotopic (exact) mass is 332 g/mol. The summed E-state index contributed by atoms with van der Waals surface area (Å²) in [6, 6.07) is 5.14. The zero-order valence-electron chi connectivity index (χ0n) is 10.2. The fourth-order valence-electron chi connectivity index (χ4n) is 1.49. The molecule has 0 aliphatic heterocycles. The van der Waals surface area contributed by atoms with E-state index in [1.165, 1.54) is 18.2 Å². The average Bonchev–Trinajstić information content (AvgIpc) is 2.38. The number of nitrogens with one attached hydrogen (secondary N) is 1. The van der Waals surface area contributed by atoms with Crippen LogP contribution in [0.1, 0.15) is 16.1 Å². The van der Waals surface area contributed by atoms with Crippen LogP contribution in [0.4, 0.5) is 10.2 Å². The van der Waals surface area contributed by atoms with E-state index in [0.29, 0.717) is 10.7 Å². The number of hydrogen-bond donors (Lipinski definition) is 1. The van der Waals surface area contributed by atoms with Gasteiger partial charge in [0.25, 0.3) is 5.91 Å². The molecule has 2 rings (SSSR count). The van der Waals surface area contributed by atoms with Gasteiger partial charge in [0.2, 0.25) is 0 Å². The second-order valence-electron chi connectivity index (χ2n) is 3.96. The number of carbonyl (C=O) groups excluding carboxylic acids is 1. The summed E-state index contributed by atoms with van der Waals surface area (Å²) >= 11 is 17.5. The first-order valence-corrected chi connectivity index (χ1v) is 6.61. The SMILES string of the molecule is Cc1nc(NC(=O)c2cc(Cl)ccc2F)c(Cl)cc1Cl. The molecule has 20 heavy (non-hydrogen) atoms. The lowest BCUT2D eigenvalue weighted by atomic mass is 10.2. The molecule has 0 atom stereocenters. The zero-order chi connectivity index (χ0) is 14.9. The van der Waals surface area contributed by atoms with Gasteiger partial charge in [0.1, 0.15) is 5.82 Å². The average molecular weight is 334 g/mol. The number of pyridine rings is 1. The number of halogens is 4. The van der Waals surface area contributed by atoms with E-state index in [4.69, 9.17) is 34.8 Å². The van der Waals surface area contributed by atoms with Crippen LogP contribution in [0.25, 0.3) is 0 Å². The van der Waals surface area contributed by atoms with Gasteiger partial charge in [0, 0.05) is 5.02 Å². The van der Waals surface area contributed by atoms with Crippen molar-refractivity contribution in [2.75, 3.05) is 5.32 Å². The Morgan fingerprint density at radius 3 is 2.60 bits per heavy atom. The number of rotatable bonds is 2. The molecule has 0 saturated carbocycles. The smallest absolute Gasteiger partial charge is 0.259 e. The van der Waals surface area contributed by atoms with E-state index in [9.17, 15) is 9.18 Å². The van der Waals surface area contributed by atoms with E-state index in [1.54, 1.807) is 6.92 Å². The van der Waals surface area contributed by atoms with Crippen LogP contribution in [0.2, 0.25) is 15.1 Å². The predicted octanol–water partition coefficient (Wildman–Crippen LogP) is 4.74. The molecule has 2 aromatic rings. The quantitative estimate of drug-likeness (QED) is 0.862. The molecular formula is C13H8Cl3FN2O. The second kappa shape index (κ2) is 5.95. The number of carbonyl (C=O) groups is 1. The summed E-state index contributed by atoms with van der Waals surface area (Å²) in [6.07, 6.45) is 0. The van der Waals surface area contributed by atoms with Gasteiger partial charge < -0.3 is 5.32 Å². The highest BCUT2D eigenvalue weighted by molar-refractivity contribution is 6.36. The maximum absolute atomic E-state index is 13.6. The van der Waals surface area contributed by atoms with Gasteiger partial charge in [-0.05, 0) is 31.2 Å². The van der Waals surface area contributed by atoms with Gasteiger partial charge in [0.15, 0.2) is 5.82 Å². The minimum atomic E-state index is -0.693. The summed E-state index contributed by atoms with van der Waals surface area (Å²) in [6.45, 7) is 1.66. The molecule has 0 fully saturated rings. The summed E-state index contributed by atoms with van der Waals surface area (Å²) in [4.78, 5) is 16.0. The van der Waals surface area contributed by atoms with Crippen LogP contribution < -0.4 is 5.32 Å². The number of aryl methyl sites for hydroxylation is 1. The largest absolute Gasteiger partial charge is 0.305 e. The van der Waals surface area contributed by atoms with Crippen LogP contribution in [0.5, 0.6) is 0 Å². The maximum Gasteiger partial charge on any atom is 0.259 e. The molecule has 104 valence electrons. The molecule has 1 heterocycles. The topological polar surface area (TPSA) is 42.0 Å². The Morgan fingerprint density at radius 1 is 1.20 bits per heavy atom. The van der Waals surface area contributed by atoms with Gasteiger partial charge in [-0.15, -0.1) is 0 Å². The van der Waals surface area contributed by atoms with Crippen molar-refractivity contribution >= 4 is 46.5 Å². The third kappa shape index (κ3) is 3.20. The van der Waals surface area contributed by atoms with Crippen molar-refractivity contribution in [1.29, 1.82) is 0 Å². The van der Waals surface area contributed by atoms with Gasteiger partial charge in [-0.1, -0.05) is 34.8 Å². The number of hydrogen-bond acceptors (Lipinski definition) is 2. The Bertz CT molecular complexity index is 692. The van der Waals surface area contributed by atoms with Crippen molar-refractivity contribution in [3.8, 4) is 0 Å². The number of benzene rings is 1. The first-order chi connectivity index (χ1) is 9.38. The van der Waals surface area contributed by atoms with E-state index in [-0.39, 0.29) is 21.4 Å². The first kappa shape index (κ1) is 15.0. The third-order valence-electron chi connectivity index (χ3n) is 2.51. The molecule has 0 bridgehead atoms. The zero-order valence-corrected chi connectivity index (χ0v) is 12.4. The van der Waals surface area contributed by atoms with E-state index >= 15 is 0 Å². The fourth-order valence-corrected chi connectivity index (χ4v) is 2.07. The first-order valence-electron chi connectivity index (χ1n) is 5.47. The third-order valence-corrected chi connectivity index (χ3v) is 3.42. The number of amides is 1. The maximum atomic E-state index is 13.6. The molecule has 3 nitrogen and oxygen atoms in total. The molecule has 1 aromatic heterocycles. The lowest BCUT2D eigenvalue weighted by Crippen LogP contribution is -2.15. The Hall–Kier alpha value is -1.36. The van der Waals surface area contributed by atoms with Crippen LogP contribution in [0.15, 0.2) is 24.3 Å². The summed E-state index contributed by atoms with van der Waals surface area (Å²) < 4.78 is 13.6. The van der Waals surface area contributed by atoms with Crippen molar-refractivity contribution in [3.05, 3.63) is 56.4 Å². The molecule has 7 heteroatoms. The molecule has 0 aliphatic rings. The van der Waals surface area contributed by atoms with Crippen LogP contribution in [0.3, 0.4) is 0 Å². The van der Waals surface area contributed by atoms with Crippen LogP contribution in [-0.4, -0.2) is 10.9 Å². The van der Waals surface area contributed by atoms with Crippen LogP contribution in [0, 0.1) is 12.7 Å². The Balaban J connectivity index is 2.32. The predicted molar refractivity (Wildman–Crippen MR) is 78.4 cm³/mol. The highest BCUT2D eigenvalue weighted by atomic mass is 35.5. The number of nitrogens with zero attached hydrogens (tertiary/aromatic N) is 1. The molecule has 0 unspecified atom stereocenters. The van der Waals surface area contributed by atoms with Crippen molar-refractivity contribution in [3.63, 3.8) is 0 Å². The minimum absolute atomic E-state index is 0.109. The van der Waals surface area contributed by atoms with E-state index in [1.807, 2.05) is 0 Å². The van der Waals surface area contributed by atoms with Gasteiger partial charge in [-0.2, -0.15) is 0 Å². The van der Waals surface area contributed by atoms with Crippen LogP contribution in [-0.2, 0) is 0 Å². The Kier molecular flexibility index (Phi) is 4.48. The van der Waals surface area contributed by atoms with Gasteiger partial charge in [-0.25, -0.2) is 9.37 Å². The van der Waals surface area contributed by atoms with Gasteiger partial charge >= 0.3 is 0 Å². The number of anilines is 1. The highest BCUT2D eigenvalue weighted by Gasteiger charge is 2.15. The molecule has 1 aromatic carbocycles. The van der Waals surface area contributed by atoms with Crippen molar-refractivity contribution in [1.82, 2.24) is 4.98 Å². The van der Waals surface area contributed by atoms with Crippen LogP contribution >= 0.6 is 34.8 Å².